The second kappa shape index (κ2) is 9.40. The Hall–Kier alpha value is -3.71. The van der Waals surface area contributed by atoms with Gasteiger partial charge in [-0.2, -0.15) is 0 Å². The number of hydrogen-bond acceptors (Lipinski definition) is 5. The summed E-state index contributed by atoms with van der Waals surface area (Å²) in [4.78, 5) is 37.2. The summed E-state index contributed by atoms with van der Waals surface area (Å²) in [6.45, 7) is 0.924. The summed E-state index contributed by atoms with van der Waals surface area (Å²) in [5.41, 5.74) is 1.76. The first-order valence-electron chi connectivity index (χ1n) is 9.85. The lowest BCUT2D eigenvalue weighted by atomic mass is 10.0. The molecular weight excluding hydrogens is 412 g/mol. The maximum atomic E-state index is 12.3. The van der Waals surface area contributed by atoms with Gasteiger partial charge in [0, 0.05) is 24.0 Å². The molecule has 0 spiro atoms. The molecule has 0 aliphatic carbocycles. The van der Waals surface area contributed by atoms with Crippen LogP contribution < -0.4 is 16.3 Å². The van der Waals surface area contributed by atoms with Crippen LogP contribution in [0, 0.1) is 0 Å². The van der Waals surface area contributed by atoms with Crippen LogP contribution in [0.2, 0.25) is 0 Å². The summed E-state index contributed by atoms with van der Waals surface area (Å²) in [6, 6.07) is 19.5. The van der Waals surface area contributed by atoms with Gasteiger partial charge in [-0.25, -0.2) is 4.79 Å². The Morgan fingerprint density at radius 1 is 0.871 bits per heavy atom. The fourth-order valence-electron chi connectivity index (χ4n) is 3.15. The second-order valence-corrected chi connectivity index (χ2v) is 7.85. The molecule has 0 aliphatic rings. The van der Waals surface area contributed by atoms with Crippen LogP contribution in [-0.2, 0) is 0 Å². The van der Waals surface area contributed by atoms with Crippen molar-refractivity contribution in [3.63, 3.8) is 0 Å². The maximum absolute atomic E-state index is 12.3. The van der Waals surface area contributed by atoms with E-state index in [1.807, 2.05) is 29.6 Å². The molecule has 0 saturated heterocycles. The topological polar surface area (TPSA) is 88.4 Å². The molecule has 156 valence electrons. The molecule has 0 bridgehead atoms. The van der Waals surface area contributed by atoms with Gasteiger partial charge in [0.15, 0.2) is 0 Å². The smallest absolute Gasteiger partial charge is 0.344 e. The molecule has 0 atom stereocenters. The van der Waals surface area contributed by atoms with Crippen molar-refractivity contribution in [2.24, 2.45) is 0 Å². The van der Waals surface area contributed by atoms with Gasteiger partial charge in [-0.15, -0.1) is 11.3 Å². The average Bonchev–Trinajstić information content (AvgIpc) is 3.33. The molecule has 0 unspecified atom stereocenters. The predicted molar refractivity (Wildman–Crippen MR) is 122 cm³/mol. The summed E-state index contributed by atoms with van der Waals surface area (Å²) in [5.74, 6) is -0.309. The highest BCUT2D eigenvalue weighted by Gasteiger charge is 2.10. The van der Waals surface area contributed by atoms with Gasteiger partial charge in [0.1, 0.15) is 5.58 Å². The molecule has 2 aromatic carbocycles. The van der Waals surface area contributed by atoms with Crippen molar-refractivity contribution in [3.8, 4) is 11.1 Å². The largest absolute Gasteiger partial charge is 0.422 e. The number of carbonyl (C=O) groups excluding carboxylic acids is 2. The van der Waals surface area contributed by atoms with E-state index in [0.29, 0.717) is 46.7 Å². The standard InChI is InChI=1S/C24H20N2O4S/c27-22(25-12-4-13-26-23(28)21-7-3-14-31-21)17-10-8-16(9-11-17)19-15-18-5-1-2-6-20(18)30-24(19)29/h1-3,5-11,14-15H,4,12-13H2,(H,25,27)(H,26,28). The van der Waals surface area contributed by atoms with E-state index in [-0.39, 0.29) is 11.8 Å². The van der Waals surface area contributed by atoms with Gasteiger partial charge >= 0.3 is 5.63 Å². The highest BCUT2D eigenvalue weighted by molar-refractivity contribution is 7.12. The zero-order valence-corrected chi connectivity index (χ0v) is 17.4. The Labute approximate surface area is 182 Å². The minimum atomic E-state index is -0.416. The third-order valence-corrected chi connectivity index (χ3v) is 5.64. The number of thiophene rings is 1. The molecule has 4 rings (SSSR count). The van der Waals surface area contributed by atoms with E-state index in [1.54, 1.807) is 42.5 Å². The zero-order chi connectivity index (χ0) is 21.6. The monoisotopic (exact) mass is 432 g/mol. The van der Waals surface area contributed by atoms with Crippen LogP contribution in [-0.4, -0.2) is 24.9 Å². The van der Waals surface area contributed by atoms with Crippen molar-refractivity contribution in [3.05, 3.63) is 93.0 Å². The van der Waals surface area contributed by atoms with Crippen LogP contribution in [0.25, 0.3) is 22.1 Å². The summed E-state index contributed by atoms with van der Waals surface area (Å²) >= 11 is 1.39. The Kier molecular flexibility index (Phi) is 6.24. The summed E-state index contributed by atoms with van der Waals surface area (Å²) in [5, 5.41) is 8.35. The van der Waals surface area contributed by atoms with Crippen molar-refractivity contribution in [2.75, 3.05) is 13.1 Å². The Balaban J connectivity index is 1.32. The molecule has 0 fully saturated rings. The molecule has 2 amide bonds. The molecule has 31 heavy (non-hydrogen) atoms. The Bertz CT molecular complexity index is 1260. The maximum Gasteiger partial charge on any atom is 0.344 e. The van der Waals surface area contributed by atoms with Gasteiger partial charge in [0.05, 0.1) is 10.4 Å². The van der Waals surface area contributed by atoms with E-state index in [9.17, 15) is 14.4 Å². The first kappa shape index (κ1) is 20.6. The summed E-state index contributed by atoms with van der Waals surface area (Å²) in [6.07, 6.45) is 0.624. The van der Waals surface area contributed by atoms with Crippen molar-refractivity contribution in [2.45, 2.75) is 6.42 Å². The number of amides is 2. The minimum Gasteiger partial charge on any atom is -0.422 e. The molecule has 2 heterocycles. The third kappa shape index (κ3) is 4.90. The molecule has 4 aromatic rings. The fourth-order valence-corrected chi connectivity index (χ4v) is 3.79. The first-order chi connectivity index (χ1) is 15.1. The second-order valence-electron chi connectivity index (χ2n) is 6.91. The first-order valence-corrected chi connectivity index (χ1v) is 10.7. The van der Waals surface area contributed by atoms with E-state index >= 15 is 0 Å². The van der Waals surface area contributed by atoms with Crippen LogP contribution in [0.3, 0.4) is 0 Å². The van der Waals surface area contributed by atoms with Crippen LogP contribution >= 0.6 is 11.3 Å². The minimum absolute atomic E-state index is 0.102. The lowest BCUT2D eigenvalue weighted by molar-refractivity contribution is 0.0953. The number of carbonyl (C=O) groups is 2. The fraction of sp³-hybridized carbons (Fsp3) is 0.125. The molecule has 0 saturated carbocycles. The predicted octanol–water partition coefficient (Wildman–Crippen LogP) is 4.07. The number of rotatable bonds is 7. The van der Waals surface area contributed by atoms with Crippen molar-refractivity contribution in [1.82, 2.24) is 10.6 Å². The molecule has 0 aliphatic heterocycles. The van der Waals surface area contributed by atoms with Gasteiger partial charge in [-0.05, 0) is 47.7 Å². The summed E-state index contributed by atoms with van der Waals surface area (Å²) < 4.78 is 5.38. The van der Waals surface area contributed by atoms with Crippen LogP contribution in [0.1, 0.15) is 26.5 Å². The van der Waals surface area contributed by atoms with Gasteiger partial charge < -0.3 is 15.1 Å². The molecule has 2 N–H and O–H groups in total. The average molecular weight is 433 g/mol. The van der Waals surface area contributed by atoms with Crippen LogP contribution in [0.5, 0.6) is 0 Å². The SMILES string of the molecule is O=C(NCCCNC(=O)c1cccs1)c1ccc(-c2cc3ccccc3oc2=O)cc1. The van der Waals surface area contributed by atoms with Crippen molar-refractivity contribution < 1.29 is 14.0 Å². The zero-order valence-electron chi connectivity index (χ0n) is 16.6. The highest BCUT2D eigenvalue weighted by Crippen LogP contribution is 2.21. The normalized spacial score (nSPS) is 10.7. The number of nitrogens with one attached hydrogen (secondary N) is 2. The molecular formula is C24H20N2O4S. The van der Waals surface area contributed by atoms with Gasteiger partial charge in [0.25, 0.3) is 11.8 Å². The van der Waals surface area contributed by atoms with Gasteiger partial charge in [-0.3, -0.25) is 9.59 Å². The van der Waals surface area contributed by atoms with E-state index < -0.39 is 5.63 Å². The summed E-state index contributed by atoms with van der Waals surface area (Å²) in [7, 11) is 0. The third-order valence-electron chi connectivity index (χ3n) is 4.77. The lowest BCUT2D eigenvalue weighted by Gasteiger charge is -2.07. The lowest BCUT2D eigenvalue weighted by Crippen LogP contribution is -2.29. The van der Waals surface area contributed by atoms with Crippen LogP contribution in [0.4, 0.5) is 0 Å². The number of hydrogen-bond donors (Lipinski definition) is 2. The molecule has 6 nitrogen and oxygen atoms in total. The van der Waals surface area contributed by atoms with Crippen molar-refractivity contribution in [1.29, 1.82) is 0 Å². The Morgan fingerprint density at radius 2 is 1.61 bits per heavy atom. The van der Waals surface area contributed by atoms with Crippen molar-refractivity contribution >= 4 is 34.1 Å². The van der Waals surface area contributed by atoms with E-state index in [4.69, 9.17) is 4.42 Å². The Morgan fingerprint density at radius 3 is 2.35 bits per heavy atom. The highest BCUT2D eigenvalue weighted by atomic mass is 32.1. The number of para-hydroxylation sites is 1. The van der Waals surface area contributed by atoms with Crippen LogP contribution in [0.15, 0.2) is 81.3 Å². The van der Waals surface area contributed by atoms with E-state index in [1.165, 1.54) is 11.3 Å². The van der Waals surface area contributed by atoms with E-state index in [0.717, 1.165) is 5.39 Å². The number of fused-ring (bicyclic) bond motifs is 1. The number of benzene rings is 2. The molecule has 0 radical (unpaired) electrons. The molecule has 2 aromatic heterocycles. The molecule has 7 heteroatoms. The van der Waals surface area contributed by atoms with Gasteiger partial charge in [0.2, 0.25) is 0 Å². The van der Waals surface area contributed by atoms with E-state index in [2.05, 4.69) is 10.6 Å². The quantitative estimate of drug-likeness (QED) is 0.340. The van der Waals surface area contributed by atoms with Gasteiger partial charge in [-0.1, -0.05) is 36.4 Å².